The fourth-order valence-electron chi connectivity index (χ4n) is 1.49. The summed E-state index contributed by atoms with van der Waals surface area (Å²) in [6.45, 7) is 5.80. The summed E-state index contributed by atoms with van der Waals surface area (Å²) in [7, 11) is 0. The van der Waals surface area contributed by atoms with Crippen LogP contribution in [0.25, 0.3) is 0 Å². The third kappa shape index (κ3) is 2.50. The summed E-state index contributed by atoms with van der Waals surface area (Å²) in [4.78, 5) is 12.3. The predicted molar refractivity (Wildman–Crippen MR) is 42.3 cm³/mol. The van der Waals surface area contributed by atoms with Gasteiger partial charge in [-0.15, -0.1) is 0 Å². The second-order valence-corrected chi connectivity index (χ2v) is 2.89. The van der Waals surface area contributed by atoms with Gasteiger partial charge in [0, 0.05) is 6.54 Å². The predicted octanol–water partition coefficient (Wildman–Crippen LogP) is 0.644. The number of likely N-dealkylation sites (N-methyl/N-ethyl adjacent to an activating group) is 1. The molecule has 0 bridgehead atoms. The van der Waals surface area contributed by atoms with Crippen LogP contribution in [0.4, 0.5) is 0 Å². The van der Waals surface area contributed by atoms with Gasteiger partial charge in [0.05, 0.1) is 0 Å². The highest BCUT2D eigenvalue weighted by atomic mass is 16.5. The quantitative estimate of drug-likeness (QED) is 0.563. The number of hydrogen-bond donors (Lipinski definition) is 0. The van der Waals surface area contributed by atoms with Crippen LogP contribution in [0.15, 0.2) is 0 Å². The van der Waals surface area contributed by atoms with Crippen molar-refractivity contribution < 1.29 is 9.53 Å². The molecule has 3 heteroatoms. The van der Waals surface area contributed by atoms with Gasteiger partial charge in [0.1, 0.15) is 6.10 Å². The van der Waals surface area contributed by atoms with Gasteiger partial charge in [-0.1, -0.05) is 6.92 Å². The molecule has 0 saturated carbocycles. The van der Waals surface area contributed by atoms with E-state index in [1.165, 1.54) is 0 Å². The molecule has 0 amide bonds. The average molecular weight is 157 g/mol. The Morgan fingerprint density at radius 3 is 3.18 bits per heavy atom. The molecule has 1 fully saturated rings. The highest BCUT2D eigenvalue weighted by Crippen LogP contribution is 2.11. The molecular weight excluding hydrogens is 142 g/mol. The van der Waals surface area contributed by atoms with E-state index < -0.39 is 0 Å². The number of piperidine rings is 1. The molecular formula is C8H15NO2. The Balaban J connectivity index is 2.27. The first-order chi connectivity index (χ1) is 5.36. The van der Waals surface area contributed by atoms with Crippen LogP contribution in [-0.4, -0.2) is 37.1 Å². The Hall–Kier alpha value is -0.570. The molecule has 1 aliphatic rings. The first-order valence-corrected chi connectivity index (χ1v) is 4.18. The van der Waals surface area contributed by atoms with Crippen molar-refractivity contribution in [1.29, 1.82) is 0 Å². The Kier molecular flexibility index (Phi) is 3.36. The molecule has 0 aliphatic carbocycles. The molecule has 0 spiro atoms. The van der Waals surface area contributed by atoms with E-state index in [4.69, 9.17) is 4.74 Å². The first-order valence-electron chi connectivity index (χ1n) is 4.18. The van der Waals surface area contributed by atoms with Crippen molar-refractivity contribution >= 4 is 6.47 Å². The van der Waals surface area contributed by atoms with Crippen molar-refractivity contribution in [2.45, 2.75) is 25.9 Å². The second kappa shape index (κ2) is 4.34. The summed E-state index contributed by atoms with van der Waals surface area (Å²) in [5.41, 5.74) is 0. The van der Waals surface area contributed by atoms with Gasteiger partial charge in [-0.3, -0.25) is 9.69 Å². The van der Waals surface area contributed by atoms with Crippen LogP contribution >= 0.6 is 0 Å². The van der Waals surface area contributed by atoms with Crippen molar-refractivity contribution in [3.8, 4) is 0 Å². The molecule has 1 rings (SSSR count). The van der Waals surface area contributed by atoms with Crippen molar-refractivity contribution in [1.82, 2.24) is 4.90 Å². The second-order valence-electron chi connectivity index (χ2n) is 2.89. The molecule has 1 atom stereocenters. The van der Waals surface area contributed by atoms with E-state index in [0.717, 1.165) is 32.5 Å². The lowest BCUT2D eigenvalue weighted by Gasteiger charge is -2.30. The van der Waals surface area contributed by atoms with E-state index in [1.54, 1.807) is 0 Å². The molecule has 1 unspecified atom stereocenters. The van der Waals surface area contributed by atoms with Crippen LogP contribution in [0.1, 0.15) is 19.8 Å². The van der Waals surface area contributed by atoms with Gasteiger partial charge < -0.3 is 4.74 Å². The van der Waals surface area contributed by atoms with Crippen molar-refractivity contribution in [3.05, 3.63) is 0 Å². The maximum Gasteiger partial charge on any atom is 0.293 e. The molecule has 1 aliphatic heterocycles. The summed E-state index contributed by atoms with van der Waals surface area (Å²) < 4.78 is 4.89. The lowest BCUT2D eigenvalue weighted by Crippen LogP contribution is -2.39. The standard InChI is InChI=1S/C8H15NO2/c1-2-9-5-3-4-8(6-9)11-7-10/h7-8H,2-6H2,1H3. The van der Waals surface area contributed by atoms with Crippen LogP contribution in [0.3, 0.4) is 0 Å². The molecule has 1 heterocycles. The third-order valence-corrected chi connectivity index (χ3v) is 2.16. The molecule has 1 saturated heterocycles. The van der Waals surface area contributed by atoms with E-state index in [1.807, 2.05) is 0 Å². The van der Waals surface area contributed by atoms with Gasteiger partial charge >= 0.3 is 0 Å². The number of carbonyl (C=O) groups excluding carboxylic acids is 1. The minimum absolute atomic E-state index is 0.140. The van der Waals surface area contributed by atoms with Crippen LogP contribution < -0.4 is 0 Å². The number of ether oxygens (including phenoxy) is 1. The maximum atomic E-state index is 10.0. The fraction of sp³-hybridized carbons (Fsp3) is 0.875. The SMILES string of the molecule is CCN1CCCC(OC=O)C1. The number of carbonyl (C=O) groups is 1. The van der Waals surface area contributed by atoms with Gasteiger partial charge in [-0.05, 0) is 25.9 Å². The Morgan fingerprint density at radius 1 is 1.73 bits per heavy atom. The molecule has 0 aromatic heterocycles. The zero-order valence-corrected chi connectivity index (χ0v) is 6.95. The molecule has 3 nitrogen and oxygen atoms in total. The van der Waals surface area contributed by atoms with Crippen LogP contribution in [0, 0.1) is 0 Å². The van der Waals surface area contributed by atoms with Gasteiger partial charge in [-0.25, -0.2) is 0 Å². The van der Waals surface area contributed by atoms with Gasteiger partial charge in [0.25, 0.3) is 6.47 Å². The number of likely N-dealkylation sites (tertiary alicyclic amines) is 1. The lowest BCUT2D eigenvalue weighted by atomic mass is 10.1. The van der Waals surface area contributed by atoms with Crippen LogP contribution in [0.5, 0.6) is 0 Å². The van der Waals surface area contributed by atoms with Gasteiger partial charge in [0.15, 0.2) is 0 Å². The van der Waals surface area contributed by atoms with Gasteiger partial charge in [0.2, 0.25) is 0 Å². The molecule has 0 aromatic rings. The molecule has 64 valence electrons. The smallest absolute Gasteiger partial charge is 0.293 e. The highest BCUT2D eigenvalue weighted by molar-refractivity contribution is 5.37. The number of nitrogens with zero attached hydrogens (tertiary/aromatic N) is 1. The maximum absolute atomic E-state index is 10.0. The van der Waals surface area contributed by atoms with Crippen molar-refractivity contribution in [2.75, 3.05) is 19.6 Å². The normalized spacial score (nSPS) is 26.5. The average Bonchev–Trinajstić information content (AvgIpc) is 2.06. The Bertz CT molecular complexity index is 127. The Labute approximate surface area is 67.3 Å². The van der Waals surface area contributed by atoms with Crippen molar-refractivity contribution in [2.24, 2.45) is 0 Å². The summed E-state index contributed by atoms with van der Waals surface area (Å²) in [5, 5.41) is 0. The Morgan fingerprint density at radius 2 is 2.55 bits per heavy atom. The fourth-order valence-corrected chi connectivity index (χ4v) is 1.49. The first kappa shape index (κ1) is 8.53. The summed E-state index contributed by atoms with van der Waals surface area (Å²) in [6.07, 6.45) is 2.31. The van der Waals surface area contributed by atoms with Crippen LogP contribution in [-0.2, 0) is 9.53 Å². The number of rotatable bonds is 3. The minimum Gasteiger partial charge on any atom is -0.463 e. The zero-order chi connectivity index (χ0) is 8.10. The van der Waals surface area contributed by atoms with Gasteiger partial charge in [-0.2, -0.15) is 0 Å². The zero-order valence-electron chi connectivity index (χ0n) is 6.95. The number of hydrogen-bond acceptors (Lipinski definition) is 3. The monoisotopic (exact) mass is 157 g/mol. The lowest BCUT2D eigenvalue weighted by molar-refractivity contribution is -0.135. The topological polar surface area (TPSA) is 29.5 Å². The van der Waals surface area contributed by atoms with E-state index in [9.17, 15) is 4.79 Å². The molecule has 0 radical (unpaired) electrons. The van der Waals surface area contributed by atoms with E-state index in [0.29, 0.717) is 6.47 Å². The van der Waals surface area contributed by atoms with Crippen LogP contribution in [0.2, 0.25) is 0 Å². The highest BCUT2D eigenvalue weighted by Gasteiger charge is 2.18. The molecule has 0 N–H and O–H groups in total. The summed E-state index contributed by atoms with van der Waals surface area (Å²) in [5.74, 6) is 0. The largest absolute Gasteiger partial charge is 0.463 e. The minimum atomic E-state index is 0.140. The summed E-state index contributed by atoms with van der Waals surface area (Å²) in [6, 6.07) is 0. The molecule has 0 aromatic carbocycles. The van der Waals surface area contributed by atoms with E-state index >= 15 is 0 Å². The third-order valence-electron chi connectivity index (χ3n) is 2.16. The van der Waals surface area contributed by atoms with Crippen molar-refractivity contribution in [3.63, 3.8) is 0 Å². The van der Waals surface area contributed by atoms with E-state index in [2.05, 4.69) is 11.8 Å². The van der Waals surface area contributed by atoms with E-state index in [-0.39, 0.29) is 6.10 Å². The summed E-state index contributed by atoms with van der Waals surface area (Å²) >= 11 is 0. The molecule has 11 heavy (non-hydrogen) atoms.